The molecule has 0 bridgehead atoms. The molecule has 128 valence electrons. The van der Waals surface area contributed by atoms with E-state index in [1.807, 2.05) is 36.7 Å². The number of anilines is 1. The maximum absolute atomic E-state index is 5.49. The summed E-state index contributed by atoms with van der Waals surface area (Å²) in [7, 11) is 0. The number of hydrogen-bond acceptors (Lipinski definition) is 6. The summed E-state index contributed by atoms with van der Waals surface area (Å²) < 4.78 is 12.7. The lowest BCUT2D eigenvalue weighted by Crippen LogP contribution is -2.35. The fraction of sp³-hybridized carbons (Fsp3) is 0.333. The summed E-state index contributed by atoms with van der Waals surface area (Å²) in [5.74, 6) is 2.43. The molecule has 0 saturated carbocycles. The molecule has 0 spiro atoms. The van der Waals surface area contributed by atoms with Crippen LogP contribution in [0.5, 0.6) is 11.5 Å². The predicted octanol–water partition coefficient (Wildman–Crippen LogP) is 2.29. The van der Waals surface area contributed by atoms with Gasteiger partial charge in [0, 0.05) is 17.8 Å². The third-order valence-electron chi connectivity index (χ3n) is 4.74. The minimum atomic E-state index is 0.274. The molecule has 4 heterocycles. The molecular weight excluding hydrogens is 318 g/mol. The van der Waals surface area contributed by atoms with Crippen LogP contribution in [0.15, 0.2) is 36.7 Å². The number of rotatable bonds is 3. The van der Waals surface area contributed by atoms with Crippen molar-refractivity contribution in [3.63, 3.8) is 0 Å². The molecule has 0 atom stereocenters. The van der Waals surface area contributed by atoms with Gasteiger partial charge in [-0.2, -0.15) is 5.10 Å². The van der Waals surface area contributed by atoms with E-state index < -0.39 is 0 Å². The second kappa shape index (κ2) is 5.93. The molecule has 2 aliphatic heterocycles. The molecule has 1 saturated heterocycles. The van der Waals surface area contributed by atoms with Crippen molar-refractivity contribution in [2.75, 3.05) is 25.2 Å². The van der Waals surface area contributed by atoms with Gasteiger partial charge in [-0.1, -0.05) is 6.07 Å². The van der Waals surface area contributed by atoms with Crippen LogP contribution in [0.25, 0.3) is 16.8 Å². The standard InChI is InChI=1S/C18H19N5O2/c1-2-15-16(25-11-24-15)9-12(1)14-10-20-23-8-5-17(22-18(14)23)21-13-3-6-19-7-4-13/h1-2,5,8-10,13,19H,3-4,6-7,11H2,(H,21,22). The van der Waals surface area contributed by atoms with Gasteiger partial charge < -0.3 is 20.1 Å². The Kier molecular flexibility index (Phi) is 3.45. The van der Waals surface area contributed by atoms with E-state index in [4.69, 9.17) is 14.5 Å². The lowest BCUT2D eigenvalue weighted by Gasteiger charge is -2.24. The average Bonchev–Trinajstić information content (AvgIpc) is 3.28. The fourth-order valence-corrected chi connectivity index (χ4v) is 3.39. The van der Waals surface area contributed by atoms with Gasteiger partial charge in [-0.25, -0.2) is 9.50 Å². The van der Waals surface area contributed by atoms with Crippen LogP contribution in [0.3, 0.4) is 0 Å². The largest absolute Gasteiger partial charge is 0.454 e. The number of ether oxygens (including phenoxy) is 2. The average molecular weight is 337 g/mol. The Balaban J connectivity index is 1.49. The number of fused-ring (bicyclic) bond motifs is 2. The maximum Gasteiger partial charge on any atom is 0.231 e. The van der Waals surface area contributed by atoms with E-state index >= 15 is 0 Å². The van der Waals surface area contributed by atoms with Crippen molar-refractivity contribution < 1.29 is 9.47 Å². The molecule has 5 rings (SSSR count). The Hall–Kier alpha value is -2.80. The fourth-order valence-electron chi connectivity index (χ4n) is 3.39. The van der Waals surface area contributed by atoms with Gasteiger partial charge in [-0.15, -0.1) is 0 Å². The Morgan fingerprint density at radius 1 is 1.12 bits per heavy atom. The zero-order valence-corrected chi connectivity index (χ0v) is 13.7. The molecule has 1 fully saturated rings. The molecule has 2 aliphatic rings. The van der Waals surface area contributed by atoms with Gasteiger partial charge in [0.25, 0.3) is 0 Å². The molecule has 2 N–H and O–H groups in total. The van der Waals surface area contributed by atoms with Crippen LogP contribution in [0.1, 0.15) is 12.8 Å². The van der Waals surface area contributed by atoms with Gasteiger partial charge in [0.15, 0.2) is 17.1 Å². The monoisotopic (exact) mass is 337 g/mol. The van der Waals surface area contributed by atoms with Crippen LogP contribution in [0.4, 0.5) is 5.82 Å². The Bertz CT molecular complexity index is 917. The first-order valence-electron chi connectivity index (χ1n) is 8.58. The molecule has 7 heteroatoms. The van der Waals surface area contributed by atoms with Crippen molar-refractivity contribution in [3.8, 4) is 22.6 Å². The number of nitrogens with zero attached hydrogens (tertiary/aromatic N) is 3. The van der Waals surface area contributed by atoms with Gasteiger partial charge in [0.05, 0.1) is 6.20 Å². The minimum Gasteiger partial charge on any atom is -0.454 e. The van der Waals surface area contributed by atoms with E-state index in [9.17, 15) is 0 Å². The summed E-state index contributed by atoms with van der Waals surface area (Å²) in [5, 5.41) is 11.3. The van der Waals surface area contributed by atoms with Crippen molar-refractivity contribution in [2.24, 2.45) is 0 Å². The van der Waals surface area contributed by atoms with E-state index in [1.54, 1.807) is 4.52 Å². The highest BCUT2D eigenvalue weighted by Gasteiger charge is 2.17. The van der Waals surface area contributed by atoms with Gasteiger partial charge in [-0.3, -0.25) is 0 Å². The van der Waals surface area contributed by atoms with Crippen molar-refractivity contribution >= 4 is 11.5 Å². The third kappa shape index (κ3) is 2.66. The minimum absolute atomic E-state index is 0.274. The van der Waals surface area contributed by atoms with Crippen molar-refractivity contribution in [2.45, 2.75) is 18.9 Å². The topological polar surface area (TPSA) is 72.7 Å². The van der Waals surface area contributed by atoms with E-state index in [0.717, 1.165) is 60.0 Å². The lowest BCUT2D eigenvalue weighted by molar-refractivity contribution is 0.174. The summed E-state index contributed by atoms with van der Waals surface area (Å²) in [4.78, 5) is 4.80. The second-order valence-corrected chi connectivity index (χ2v) is 6.38. The number of hydrogen-bond donors (Lipinski definition) is 2. The first kappa shape index (κ1) is 14.5. The van der Waals surface area contributed by atoms with Crippen molar-refractivity contribution in [1.82, 2.24) is 19.9 Å². The van der Waals surface area contributed by atoms with Crippen LogP contribution in [0.2, 0.25) is 0 Å². The molecular formula is C18H19N5O2. The quantitative estimate of drug-likeness (QED) is 0.764. The van der Waals surface area contributed by atoms with Crippen LogP contribution < -0.4 is 20.1 Å². The van der Waals surface area contributed by atoms with Crippen molar-refractivity contribution in [1.29, 1.82) is 0 Å². The highest BCUT2D eigenvalue weighted by Crippen LogP contribution is 2.36. The summed E-state index contributed by atoms with van der Waals surface area (Å²) in [6.45, 7) is 2.38. The molecule has 3 aromatic rings. The van der Waals surface area contributed by atoms with Gasteiger partial charge in [-0.05, 0) is 49.7 Å². The first-order valence-corrected chi connectivity index (χ1v) is 8.58. The zero-order chi connectivity index (χ0) is 16.6. The molecule has 2 aromatic heterocycles. The van der Waals surface area contributed by atoms with Crippen LogP contribution in [-0.4, -0.2) is 40.5 Å². The highest BCUT2D eigenvalue weighted by molar-refractivity contribution is 5.79. The molecule has 1 aromatic carbocycles. The summed E-state index contributed by atoms with van der Waals surface area (Å²) in [6, 6.07) is 8.37. The van der Waals surface area contributed by atoms with Crippen LogP contribution in [0, 0.1) is 0 Å². The third-order valence-corrected chi connectivity index (χ3v) is 4.74. The van der Waals surface area contributed by atoms with Crippen LogP contribution in [-0.2, 0) is 0 Å². The van der Waals surface area contributed by atoms with Gasteiger partial charge in [0.2, 0.25) is 6.79 Å². The molecule has 25 heavy (non-hydrogen) atoms. The summed E-state index contributed by atoms with van der Waals surface area (Å²) in [6.07, 6.45) is 6.01. The lowest BCUT2D eigenvalue weighted by atomic mass is 10.1. The molecule has 7 nitrogen and oxygen atoms in total. The number of nitrogens with one attached hydrogen (secondary N) is 2. The SMILES string of the molecule is c1cc2c(cc1-c1cnn3ccc(NC4CCNCC4)nc13)OCO2. The smallest absolute Gasteiger partial charge is 0.231 e. The Morgan fingerprint density at radius 2 is 2.00 bits per heavy atom. The normalized spacial score (nSPS) is 17.1. The summed E-state index contributed by atoms with van der Waals surface area (Å²) in [5.41, 5.74) is 2.83. The van der Waals surface area contributed by atoms with E-state index in [0.29, 0.717) is 6.04 Å². The predicted molar refractivity (Wildman–Crippen MR) is 94.1 cm³/mol. The molecule has 0 radical (unpaired) electrons. The molecule has 0 aliphatic carbocycles. The Labute approximate surface area is 145 Å². The van der Waals surface area contributed by atoms with E-state index in [2.05, 4.69) is 15.7 Å². The van der Waals surface area contributed by atoms with E-state index in [1.165, 1.54) is 0 Å². The molecule has 0 unspecified atom stereocenters. The van der Waals surface area contributed by atoms with Gasteiger partial charge in [0.1, 0.15) is 5.82 Å². The maximum atomic E-state index is 5.49. The van der Waals surface area contributed by atoms with Gasteiger partial charge >= 0.3 is 0 Å². The van der Waals surface area contributed by atoms with Crippen LogP contribution >= 0.6 is 0 Å². The summed E-state index contributed by atoms with van der Waals surface area (Å²) >= 11 is 0. The first-order chi connectivity index (χ1) is 12.4. The number of benzene rings is 1. The molecule has 0 amide bonds. The van der Waals surface area contributed by atoms with Crippen molar-refractivity contribution in [3.05, 3.63) is 36.7 Å². The second-order valence-electron chi connectivity index (χ2n) is 6.38. The number of piperidine rings is 1. The zero-order valence-electron chi connectivity index (χ0n) is 13.7. The van der Waals surface area contributed by atoms with E-state index in [-0.39, 0.29) is 6.79 Å². The Morgan fingerprint density at radius 3 is 2.92 bits per heavy atom. The highest BCUT2D eigenvalue weighted by atomic mass is 16.7. The number of aromatic nitrogens is 3.